The van der Waals surface area contributed by atoms with Crippen LogP contribution in [-0.2, 0) is 0 Å². The number of aliphatic hydroxyl groups is 1. The highest BCUT2D eigenvalue weighted by atomic mass is 32.1. The lowest BCUT2D eigenvalue weighted by Gasteiger charge is -2.23. The van der Waals surface area contributed by atoms with Crippen molar-refractivity contribution in [2.45, 2.75) is 33.4 Å². The average molecular weight is 527 g/mol. The highest BCUT2D eigenvalue weighted by Gasteiger charge is 2.18. The molecule has 9 heteroatoms. The molecule has 4 N–H and O–H groups in total. The number of aliphatic hydroxyl groups excluding tert-OH is 1. The first kappa shape index (κ1) is 24.3. The molecule has 1 aromatic carbocycles. The zero-order valence-electron chi connectivity index (χ0n) is 21.2. The number of benzene rings is 1. The van der Waals surface area contributed by atoms with Crippen LogP contribution in [0.1, 0.15) is 27.2 Å². The standard InChI is InChI=1S/C29H27FN6OS/c1-29(2,3)13-26(37)32-17-11-16(14-31-15-17)20-7-8-22-27(34-20)28(36-35-22)23-12-19-18(5-4-6-21(19)33-23)24-9-10-25(30)38-24/h4-12,14-15,26,32-33,37H,13H2,1-3H3,(H,35,36). The van der Waals surface area contributed by atoms with Crippen molar-refractivity contribution in [2.24, 2.45) is 5.41 Å². The van der Waals surface area contributed by atoms with Crippen molar-refractivity contribution < 1.29 is 9.50 Å². The lowest BCUT2D eigenvalue weighted by molar-refractivity contribution is 0.145. The number of aromatic nitrogens is 5. The van der Waals surface area contributed by atoms with Crippen molar-refractivity contribution in [1.82, 2.24) is 25.1 Å². The molecule has 0 aliphatic heterocycles. The van der Waals surface area contributed by atoms with Gasteiger partial charge in [0.2, 0.25) is 0 Å². The minimum Gasteiger partial charge on any atom is -0.374 e. The van der Waals surface area contributed by atoms with E-state index in [9.17, 15) is 9.50 Å². The predicted octanol–water partition coefficient (Wildman–Crippen LogP) is 7.20. The number of nitrogens with one attached hydrogen (secondary N) is 3. The quantitative estimate of drug-likeness (QED) is 0.172. The molecule has 192 valence electrons. The number of H-pyrrole nitrogens is 2. The van der Waals surface area contributed by atoms with Gasteiger partial charge < -0.3 is 15.4 Å². The smallest absolute Gasteiger partial charge is 0.176 e. The molecular weight excluding hydrogens is 499 g/mol. The maximum atomic E-state index is 13.7. The van der Waals surface area contributed by atoms with Crippen LogP contribution in [0.3, 0.4) is 0 Å². The van der Waals surface area contributed by atoms with Gasteiger partial charge in [-0.15, -0.1) is 11.3 Å². The number of rotatable bonds is 6. The predicted molar refractivity (Wildman–Crippen MR) is 151 cm³/mol. The Morgan fingerprint density at radius 3 is 2.71 bits per heavy atom. The Labute approximate surface area is 222 Å². The molecule has 7 nitrogen and oxygen atoms in total. The fraction of sp³-hybridized carbons (Fsp3) is 0.207. The van der Waals surface area contributed by atoms with Gasteiger partial charge >= 0.3 is 0 Å². The topological polar surface area (TPSA) is 103 Å². The molecule has 0 saturated carbocycles. The van der Waals surface area contributed by atoms with Crippen LogP contribution in [0.4, 0.5) is 10.1 Å². The van der Waals surface area contributed by atoms with Crippen LogP contribution in [0.2, 0.25) is 0 Å². The van der Waals surface area contributed by atoms with E-state index < -0.39 is 6.23 Å². The molecule has 1 unspecified atom stereocenters. The largest absolute Gasteiger partial charge is 0.374 e. The number of halogens is 1. The highest BCUT2D eigenvalue weighted by molar-refractivity contribution is 7.14. The van der Waals surface area contributed by atoms with E-state index in [0.29, 0.717) is 12.1 Å². The van der Waals surface area contributed by atoms with Crippen LogP contribution in [-0.4, -0.2) is 36.5 Å². The molecule has 1 atom stereocenters. The van der Waals surface area contributed by atoms with Crippen LogP contribution in [0.5, 0.6) is 0 Å². The third kappa shape index (κ3) is 4.78. The molecular formula is C29H27FN6OS. The van der Waals surface area contributed by atoms with Gasteiger partial charge in [0.05, 0.1) is 28.8 Å². The van der Waals surface area contributed by atoms with Crippen LogP contribution in [0, 0.1) is 10.5 Å². The van der Waals surface area contributed by atoms with E-state index in [-0.39, 0.29) is 10.5 Å². The monoisotopic (exact) mass is 526 g/mol. The van der Waals surface area contributed by atoms with Crippen LogP contribution < -0.4 is 5.32 Å². The zero-order valence-corrected chi connectivity index (χ0v) is 22.0. The van der Waals surface area contributed by atoms with Gasteiger partial charge in [-0.2, -0.15) is 9.49 Å². The van der Waals surface area contributed by atoms with Gasteiger partial charge in [0, 0.05) is 33.1 Å². The van der Waals surface area contributed by atoms with Crippen molar-refractivity contribution in [1.29, 1.82) is 0 Å². The van der Waals surface area contributed by atoms with Crippen molar-refractivity contribution in [3.8, 4) is 33.1 Å². The third-order valence-corrected chi connectivity index (χ3v) is 7.25. The second-order valence-corrected chi connectivity index (χ2v) is 11.6. The van der Waals surface area contributed by atoms with Gasteiger partial charge in [-0.25, -0.2) is 4.98 Å². The first-order valence-corrected chi connectivity index (χ1v) is 13.2. The number of anilines is 1. The molecule has 0 bridgehead atoms. The fourth-order valence-corrected chi connectivity index (χ4v) is 5.46. The Hall–Kier alpha value is -4.08. The second kappa shape index (κ2) is 9.34. The van der Waals surface area contributed by atoms with E-state index in [2.05, 4.69) is 46.3 Å². The van der Waals surface area contributed by atoms with E-state index in [4.69, 9.17) is 4.98 Å². The van der Waals surface area contributed by atoms with E-state index in [0.717, 1.165) is 66.4 Å². The molecule has 6 aromatic rings. The fourth-order valence-electron chi connectivity index (χ4n) is 4.69. The van der Waals surface area contributed by atoms with Crippen molar-refractivity contribution in [3.63, 3.8) is 0 Å². The van der Waals surface area contributed by atoms with Crippen LogP contribution >= 0.6 is 11.3 Å². The van der Waals surface area contributed by atoms with Gasteiger partial charge in [0.1, 0.15) is 17.4 Å². The Morgan fingerprint density at radius 1 is 1.05 bits per heavy atom. The number of pyridine rings is 2. The summed E-state index contributed by atoms with van der Waals surface area (Å²) in [5, 5.41) is 22.0. The van der Waals surface area contributed by atoms with E-state index in [1.54, 1.807) is 18.5 Å². The molecule has 6 rings (SSSR count). The summed E-state index contributed by atoms with van der Waals surface area (Å²) < 4.78 is 13.7. The molecule has 0 aliphatic carbocycles. The lowest BCUT2D eigenvalue weighted by Crippen LogP contribution is -2.25. The zero-order chi connectivity index (χ0) is 26.4. The third-order valence-electron chi connectivity index (χ3n) is 6.34. The Morgan fingerprint density at radius 2 is 1.92 bits per heavy atom. The van der Waals surface area contributed by atoms with Gasteiger partial charge in [0.25, 0.3) is 0 Å². The number of hydrogen-bond acceptors (Lipinski definition) is 6. The van der Waals surface area contributed by atoms with Gasteiger partial charge in [-0.3, -0.25) is 10.1 Å². The van der Waals surface area contributed by atoms with E-state index in [1.165, 1.54) is 6.07 Å². The van der Waals surface area contributed by atoms with Crippen molar-refractivity contribution >= 4 is 39.0 Å². The summed E-state index contributed by atoms with van der Waals surface area (Å²) in [5.74, 6) is 0. The maximum Gasteiger partial charge on any atom is 0.176 e. The molecule has 0 saturated heterocycles. The second-order valence-electron chi connectivity index (χ2n) is 10.6. The van der Waals surface area contributed by atoms with Gasteiger partial charge in [0.15, 0.2) is 5.13 Å². The van der Waals surface area contributed by atoms with Gasteiger partial charge in [-0.1, -0.05) is 32.9 Å². The van der Waals surface area contributed by atoms with Crippen molar-refractivity contribution in [2.75, 3.05) is 5.32 Å². The molecule has 5 aromatic heterocycles. The van der Waals surface area contributed by atoms with Crippen LogP contribution in [0.25, 0.3) is 55.0 Å². The molecule has 0 amide bonds. The molecule has 0 aliphatic rings. The number of fused-ring (bicyclic) bond motifs is 2. The summed E-state index contributed by atoms with van der Waals surface area (Å²) in [6, 6.07) is 17.1. The minimum absolute atomic E-state index is 0.00885. The summed E-state index contributed by atoms with van der Waals surface area (Å²) in [4.78, 5) is 13.6. The van der Waals surface area contributed by atoms with E-state index >= 15 is 0 Å². The molecule has 0 fully saturated rings. The highest BCUT2D eigenvalue weighted by Crippen LogP contribution is 2.36. The molecule has 0 spiro atoms. The summed E-state index contributed by atoms with van der Waals surface area (Å²) in [6.07, 6.45) is 3.37. The summed E-state index contributed by atoms with van der Waals surface area (Å²) in [6.45, 7) is 6.26. The molecule has 38 heavy (non-hydrogen) atoms. The van der Waals surface area contributed by atoms with E-state index in [1.807, 2.05) is 42.5 Å². The molecule has 0 radical (unpaired) electrons. The number of nitrogens with zero attached hydrogens (tertiary/aromatic N) is 3. The normalized spacial score (nSPS) is 12.9. The van der Waals surface area contributed by atoms with Gasteiger partial charge in [-0.05, 0) is 54.3 Å². The lowest BCUT2D eigenvalue weighted by atomic mass is 9.91. The average Bonchev–Trinajstić information content (AvgIpc) is 3.60. The minimum atomic E-state index is -0.680. The number of aromatic amines is 2. The van der Waals surface area contributed by atoms with Crippen LogP contribution in [0.15, 0.2) is 67.0 Å². The van der Waals surface area contributed by atoms with Crippen molar-refractivity contribution in [3.05, 3.63) is 72.1 Å². The Bertz CT molecular complexity index is 1760. The summed E-state index contributed by atoms with van der Waals surface area (Å²) in [5.41, 5.74) is 7.25. The maximum absolute atomic E-state index is 13.7. The number of hydrogen-bond donors (Lipinski definition) is 4. The Kier molecular flexibility index (Phi) is 5.97. The Balaban J connectivity index is 1.36. The SMILES string of the molecule is CC(C)(C)CC(O)Nc1cncc(-c2ccc3[nH]nc(-c4cc5c(-c6ccc(F)s6)cccc5[nH]4)c3n2)c1. The summed E-state index contributed by atoms with van der Waals surface area (Å²) >= 11 is 1.13. The molecule has 5 heterocycles. The summed E-state index contributed by atoms with van der Waals surface area (Å²) in [7, 11) is 0. The number of thiophene rings is 1. The first-order valence-electron chi connectivity index (χ1n) is 12.4. The first-order chi connectivity index (χ1) is 18.2.